The Morgan fingerprint density at radius 3 is 2.35 bits per heavy atom. The Hall–Kier alpha value is -6.11. The van der Waals surface area contributed by atoms with E-state index >= 15 is 17.6 Å². The van der Waals surface area contributed by atoms with Gasteiger partial charge in [0.1, 0.15) is 17.5 Å². The zero-order chi connectivity index (χ0) is 46.4. The van der Waals surface area contributed by atoms with E-state index in [1.165, 1.54) is 46.5 Å². The van der Waals surface area contributed by atoms with Crippen molar-refractivity contribution >= 4 is 62.3 Å². The maximum absolute atomic E-state index is 15.6. The third-order valence-corrected chi connectivity index (χ3v) is 13.9. The Labute approximate surface area is 370 Å². The first-order valence-corrected chi connectivity index (χ1v) is 22.4. The number of likely N-dealkylation sites (tertiary alicyclic amines) is 1. The standard InChI is InChI=1S/C41H46F4N12O7S/c1-3-52(2)65(63,64)51-29-5-4-28(42)35(36(29)43)37(61)27-20-47-38-26(27)16-24(17-46-38)25-18-48-40(49-19-25)55-12-10-54(11-13-55)33(59)21-53-9-8-31(41(44,45)23-53)56-14-15-57(34(60)22-56)30-6-7-32(58)50-39(30)62/h4-5,16-20,30-31,51H,3,6-15,21-23H2,1-2H3,(H,46,47)(H,50,58,62). The molecule has 3 N–H and O–H groups in total. The van der Waals surface area contributed by atoms with Gasteiger partial charge in [-0.25, -0.2) is 32.5 Å². The minimum Gasteiger partial charge on any atom is -0.345 e. The van der Waals surface area contributed by atoms with Crippen LogP contribution in [0.25, 0.3) is 22.2 Å². The van der Waals surface area contributed by atoms with Gasteiger partial charge in [-0.2, -0.15) is 12.7 Å². The highest BCUT2D eigenvalue weighted by molar-refractivity contribution is 7.90. The average Bonchev–Trinajstić information content (AvgIpc) is 3.71. The summed E-state index contributed by atoms with van der Waals surface area (Å²) in [6.45, 7) is 2.34. The third kappa shape index (κ3) is 9.24. The van der Waals surface area contributed by atoms with E-state index in [2.05, 4.69) is 25.3 Å². The predicted octanol–water partition coefficient (Wildman–Crippen LogP) is 1.45. The van der Waals surface area contributed by atoms with Gasteiger partial charge in [0.05, 0.1) is 36.9 Å². The van der Waals surface area contributed by atoms with Gasteiger partial charge in [0.2, 0.25) is 35.4 Å². The fourth-order valence-corrected chi connectivity index (χ4v) is 9.59. The highest BCUT2D eigenvalue weighted by Crippen LogP contribution is 2.34. The fraction of sp³-hybridized carbons (Fsp3) is 0.463. The van der Waals surface area contributed by atoms with E-state index in [4.69, 9.17) is 0 Å². The van der Waals surface area contributed by atoms with Crippen LogP contribution in [0.15, 0.2) is 43.0 Å². The summed E-state index contributed by atoms with van der Waals surface area (Å²) in [6.07, 6.45) is 6.18. The summed E-state index contributed by atoms with van der Waals surface area (Å²) >= 11 is 0. The second kappa shape index (κ2) is 18.0. The predicted molar refractivity (Wildman–Crippen MR) is 226 cm³/mol. The summed E-state index contributed by atoms with van der Waals surface area (Å²) in [4.78, 5) is 87.7. The maximum atomic E-state index is 15.6. The topological polar surface area (TPSA) is 217 Å². The van der Waals surface area contributed by atoms with Crippen molar-refractivity contribution in [3.05, 3.63) is 65.7 Å². The molecule has 19 nitrogen and oxygen atoms in total. The number of imide groups is 1. The average molecular weight is 927 g/mol. The van der Waals surface area contributed by atoms with Crippen LogP contribution in [0, 0.1) is 11.6 Å². The summed E-state index contributed by atoms with van der Waals surface area (Å²) in [5.74, 6) is -8.14. The number of H-pyrrole nitrogens is 1. The van der Waals surface area contributed by atoms with Crippen molar-refractivity contribution in [3.8, 4) is 11.1 Å². The van der Waals surface area contributed by atoms with Crippen molar-refractivity contribution < 1.29 is 50.0 Å². The highest BCUT2D eigenvalue weighted by Gasteiger charge is 2.50. The van der Waals surface area contributed by atoms with E-state index in [1.807, 2.05) is 9.62 Å². The number of rotatable bonds is 12. The van der Waals surface area contributed by atoms with E-state index in [-0.39, 0.29) is 81.0 Å². The van der Waals surface area contributed by atoms with Crippen molar-refractivity contribution in [3.63, 3.8) is 0 Å². The molecular weight excluding hydrogens is 881 g/mol. The number of amides is 4. The second-order valence-corrected chi connectivity index (χ2v) is 18.2. The van der Waals surface area contributed by atoms with Gasteiger partial charge in [-0.05, 0) is 31.0 Å². The third-order valence-electron chi connectivity index (χ3n) is 12.4. The summed E-state index contributed by atoms with van der Waals surface area (Å²) in [6, 6.07) is 1.28. The SMILES string of the molecule is CCN(C)S(=O)(=O)Nc1ccc(F)c(C(=O)c2c[nH]c3ncc(-c4cnc(N5CCN(C(=O)CN6CCC(N7CCN(C8CCC(=O)NC8=O)C(=O)C7)C(F)(F)C6)CC5)nc4)cc23)c1F. The first-order valence-electron chi connectivity index (χ1n) is 21.0. The number of halogens is 4. The molecule has 3 aromatic heterocycles. The number of anilines is 2. The van der Waals surface area contributed by atoms with Crippen LogP contribution in [0.2, 0.25) is 0 Å². The van der Waals surface area contributed by atoms with Crippen molar-refractivity contribution in [2.75, 3.05) is 88.7 Å². The molecule has 0 spiro atoms. The smallest absolute Gasteiger partial charge is 0.301 e. The Balaban J connectivity index is 0.848. The molecule has 7 heterocycles. The van der Waals surface area contributed by atoms with Crippen molar-refractivity contribution in [1.29, 1.82) is 0 Å². The van der Waals surface area contributed by atoms with Crippen molar-refractivity contribution in [2.45, 2.75) is 44.2 Å². The molecule has 2 atom stereocenters. The molecule has 4 saturated heterocycles. The Morgan fingerprint density at radius 1 is 0.954 bits per heavy atom. The molecule has 65 heavy (non-hydrogen) atoms. The van der Waals surface area contributed by atoms with E-state index in [0.717, 1.165) is 16.4 Å². The number of nitrogens with one attached hydrogen (secondary N) is 3. The Bertz CT molecular complexity index is 2650. The normalized spacial score (nSPS) is 21.3. The van der Waals surface area contributed by atoms with Gasteiger partial charge in [0.25, 0.3) is 5.92 Å². The van der Waals surface area contributed by atoms with Crippen LogP contribution < -0.4 is 14.9 Å². The van der Waals surface area contributed by atoms with E-state index in [9.17, 15) is 32.4 Å². The zero-order valence-corrected chi connectivity index (χ0v) is 36.2. The Morgan fingerprint density at radius 2 is 1.68 bits per heavy atom. The van der Waals surface area contributed by atoms with Crippen LogP contribution in [-0.2, 0) is 29.4 Å². The van der Waals surface area contributed by atoms with Crippen LogP contribution >= 0.6 is 0 Å². The first-order chi connectivity index (χ1) is 30.9. The molecule has 4 amide bonds. The molecule has 4 aromatic rings. The van der Waals surface area contributed by atoms with Crippen LogP contribution in [0.1, 0.15) is 42.1 Å². The molecule has 0 bridgehead atoms. The lowest BCUT2D eigenvalue weighted by Gasteiger charge is -2.47. The van der Waals surface area contributed by atoms with Gasteiger partial charge in [-0.3, -0.25) is 43.8 Å². The van der Waals surface area contributed by atoms with E-state index < -0.39 is 81.2 Å². The fourth-order valence-electron chi connectivity index (χ4n) is 8.65. The number of alkyl halides is 2. The number of fused-ring (bicyclic) bond motifs is 1. The van der Waals surface area contributed by atoms with Gasteiger partial charge in [-0.15, -0.1) is 0 Å². The van der Waals surface area contributed by atoms with Gasteiger partial charge >= 0.3 is 10.2 Å². The van der Waals surface area contributed by atoms with Crippen molar-refractivity contribution in [2.24, 2.45) is 0 Å². The van der Waals surface area contributed by atoms with Crippen LogP contribution in [0.4, 0.5) is 29.2 Å². The number of piperidine rings is 2. The minimum absolute atomic E-state index is 0.0429. The second-order valence-electron chi connectivity index (χ2n) is 16.4. The molecule has 0 aliphatic carbocycles. The number of nitrogens with zero attached hydrogens (tertiary/aromatic N) is 9. The number of pyridine rings is 1. The monoisotopic (exact) mass is 926 g/mol. The number of hydrogen-bond acceptors (Lipinski definition) is 13. The van der Waals surface area contributed by atoms with Crippen molar-refractivity contribution in [1.82, 2.24) is 49.2 Å². The first kappa shape index (κ1) is 45.5. The largest absolute Gasteiger partial charge is 0.345 e. The molecule has 0 saturated carbocycles. The number of benzene rings is 1. The molecule has 1 aromatic carbocycles. The lowest BCUT2D eigenvalue weighted by Crippen LogP contribution is -2.66. The van der Waals surface area contributed by atoms with Crippen LogP contribution in [-0.4, -0.2) is 179 Å². The lowest BCUT2D eigenvalue weighted by atomic mass is 9.97. The number of ketones is 1. The molecule has 4 aliphatic heterocycles. The molecule has 24 heteroatoms. The number of aromatic nitrogens is 4. The number of hydrogen-bond donors (Lipinski definition) is 3. The summed E-state index contributed by atoms with van der Waals surface area (Å²) in [5.41, 5.74) is -0.432. The summed E-state index contributed by atoms with van der Waals surface area (Å²) < 4.78 is 89.9. The van der Waals surface area contributed by atoms with Gasteiger partial charge in [-0.1, -0.05) is 6.92 Å². The molecule has 8 rings (SSSR count). The molecular formula is C41H46F4N12O7S. The van der Waals surface area contributed by atoms with Crippen LogP contribution in [0.3, 0.4) is 0 Å². The lowest BCUT2D eigenvalue weighted by molar-refractivity contribution is -0.161. The summed E-state index contributed by atoms with van der Waals surface area (Å²) in [7, 11) is -2.91. The van der Waals surface area contributed by atoms with Gasteiger partial charge in [0, 0.05) is 113 Å². The molecule has 4 aliphatic rings. The number of aromatic amines is 1. The van der Waals surface area contributed by atoms with E-state index in [1.54, 1.807) is 17.9 Å². The van der Waals surface area contributed by atoms with Gasteiger partial charge < -0.3 is 19.7 Å². The number of carbonyl (C=O) groups excluding carboxylic acids is 5. The zero-order valence-electron chi connectivity index (χ0n) is 35.4. The quantitative estimate of drug-likeness (QED) is 0.104. The highest BCUT2D eigenvalue weighted by atomic mass is 32.2. The molecule has 4 fully saturated rings. The molecule has 346 valence electrons. The Kier molecular flexibility index (Phi) is 12.6. The van der Waals surface area contributed by atoms with Gasteiger partial charge in [0.15, 0.2) is 5.82 Å². The molecule has 0 radical (unpaired) electrons. The number of piperazine rings is 2. The molecule has 2 unspecified atom stereocenters. The maximum Gasteiger partial charge on any atom is 0.301 e. The summed E-state index contributed by atoms with van der Waals surface area (Å²) in [5, 5.41) is 2.47. The van der Waals surface area contributed by atoms with Crippen LogP contribution in [0.5, 0.6) is 0 Å². The minimum atomic E-state index is -4.18. The number of carbonyl (C=O) groups is 5. The van der Waals surface area contributed by atoms with E-state index in [0.29, 0.717) is 43.3 Å².